The second-order valence-corrected chi connectivity index (χ2v) is 3.17. The number of furan rings is 1. The number of carbonyl (C=O) groups excluding carboxylic acids is 1. The van der Waals surface area contributed by atoms with E-state index >= 15 is 0 Å². The van der Waals surface area contributed by atoms with Gasteiger partial charge in [-0.1, -0.05) is 30.3 Å². The van der Waals surface area contributed by atoms with Crippen molar-refractivity contribution in [3.8, 4) is 0 Å². The van der Waals surface area contributed by atoms with Gasteiger partial charge in [0.2, 0.25) is 5.78 Å². The highest BCUT2D eigenvalue weighted by Gasteiger charge is 2.12. The second-order valence-electron chi connectivity index (χ2n) is 2.80. The predicted octanol–water partition coefficient (Wildman–Crippen LogP) is 3.16. The number of benzene rings is 1. The number of halogens is 1. The molecule has 0 bridgehead atoms. The summed E-state index contributed by atoms with van der Waals surface area (Å²) in [5, 5.41) is 0.226. The van der Waals surface area contributed by atoms with Gasteiger partial charge in [0.05, 0.1) is 0 Å². The zero-order valence-electron chi connectivity index (χ0n) is 7.24. The highest BCUT2D eigenvalue weighted by Crippen LogP contribution is 2.16. The number of carbonyl (C=O) groups is 1. The van der Waals surface area contributed by atoms with Crippen LogP contribution >= 0.6 is 11.6 Å². The summed E-state index contributed by atoms with van der Waals surface area (Å²) < 4.78 is 5.02. The summed E-state index contributed by atoms with van der Waals surface area (Å²) in [6.45, 7) is 0. The van der Waals surface area contributed by atoms with Gasteiger partial charge in [-0.25, -0.2) is 0 Å². The van der Waals surface area contributed by atoms with Gasteiger partial charge in [0.1, 0.15) is 0 Å². The average Bonchev–Trinajstić information content (AvgIpc) is 2.65. The largest absolute Gasteiger partial charge is 0.441 e. The lowest BCUT2D eigenvalue weighted by atomic mass is 10.1. The Morgan fingerprint density at radius 2 is 1.79 bits per heavy atom. The van der Waals surface area contributed by atoms with Gasteiger partial charge < -0.3 is 4.42 Å². The van der Waals surface area contributed by atoms with Crippen molar-refractivity contribution < 1.29 is 9.21 Å². The van der Waals surface area contributed by atoms with Crippen molar-refractivity contribution >= 4 is 17.4 Å². The highest BCUT2D eigenvalue weighted by atomic mass is 35.5. The summed E-state index contributed by atoms with van der Waals surface area (Å²) in [7, 11) is 0. The average molecular weight is 207 g/mol. The molecule has 0 atom stereocenters. The van der Waals surface area contributed by atoms with Crippen LogP contribution in [0.15, 0.2) is 46.9 Å². The molecule has 0 N–H and O–H groups in total. The summed E-state index contributed by atoms with van der Waals surface area (Å²) in [6, 6.07) is 12.0. The quantitative estimate of drug-likeness (QED) is 0.707. The SMILES string of the molecule is O=C(c1ccccc1)c1ccc(Cl)o1. The van der Waals surface area contributed by atoms with E-state index in [2.05, 4.69) is 0 Å². The van der Waals surface area contributed by atoms with Gasteiger partial charge in [-0.05, 0) is 23.7 Å². The molecule has 0 unspecified atom stereocenters. The van der Waals surface area contributed by atoms with Crippen LogP contribution in [0.5, 0.6) is 0 Å². The highest BCUT2D eigenvalue weighted by molar-refractivity contribution is 6.29. The first-order valence-corrected chi connectivity index (χ1v) is 4.50. The minimum absolute atomic E-state index is 0.155. The van der Waals surface area contributed by atoms with Crippen molar-refractivity contribution in [2.45, 2.75) is 0 Å². The lowest BCUT2D eigenvalue weighted by molar-refractivity contribution is 0.101. The predicted molar refractivity (Wildman–Crippen MR) is 53.6 cm³/mol. The van der Waals surface area contributed by atoms with E-state index in [0.29, 0.717) is 5.56 Å². The van der Waals surface area contributed by atoms with Crippen molar-refractivity contribution in [3.63, 3.8) is 0 Å². The molecular weight excluding hydrogens is 200 g/mol. The van der Waals surface area contributed by atoms with E-state index in [1.54, 1.807) is 36.4 Å². The van der Waals surface area contributed by atoms with Crippen LogP contribution in [0.25, 0.3) is 0 Å². The Labute approximate surface area is 86.1 Å². The Morgan fingerprint density at radius 3 is 2.36 bits per heavy atom. The first-order chi connectivity index (χ1) is 6.77. The lowest BCUT2D eigenvalue weighted by Crippen LogP contribution is -1.98. The molecule has 2 aromatic rings. The molecule has 2 nitrogen and oxygen atoms in total. The maximum atomic E-state index is 11.7. The number of ketones is 1. The molecule has 0 saturated carbocycles. The van der Waals surface area contributed by atoms with Crippen molar-refractivity contribution in [1.82, 2.24) is 0 Å². The van der Waals surface area contributed by atoms with Gasteiger partial charge in [0.15, 0.2) is 11.0 Å². The fraction of sp³-hybridized carbons (Fsp3) is 0. The summed E-state index contributed by atoms with van der Waals surface area (Å²) >= 11 is 5.57. The molecule has 0 radical (unpaired) electrons. The Kier molecular flexibility index (Phi) is 2.37. The Bertz CT molecular complexity index is 445. The fourth-order valence-corrected chi connectivity index (χ4v) is 1.31. The zero-order chi connectivity index (χ0) is 9.97. The van der Waals surface area contributed by atoms with E-state index < -0.39 is 0 Å². The maximum absolute atomic E-state index is 11.7. The van der Waals surface area contributed by atoms with Crippen LogP contribution in [0.4, 0.5) is 0 Å². The fourth-order valence-electron chi connectivity index (χ4n) is 1.17. The van der Waals surface area contributed by atoms with Gasteiger partial charge >= 0.3 is 0 Å². The third-order valence-corrected chi connectivity index (χ3v) is 2.04. The van der Waals surface area contributed by atoms with Crippen LogP contribution < -0.4 is 0 Å². The van der Waals surface area contributed by atoms with Crippen LogP contribution in [0, 0.1) is 0 Å². The minimum atomic E-state index is -0.155. The summed E-state index contributed by atoms with van der Waals surface area (Å²) in [6.07, 6.45) is 0. The van der Waals surface area contributed by atoms with Crippen LogP contribution in [-0.2, 0) is 0 Å². The van der Waals surface area contributed by atoms with Crippen molar-refractivity contribution in [1.29, 1.82) is 0 Å². The molecule has 1 aromatic heterocycles. The maximum Gasteiger partial charge on any atom is 0.228 e. The van der Waals surface area contributed by atoms with Crippen molar-refractivity contribution in [2.75, 3.05) is 0 Å². The standard InChI is InChI=1S/C11H7ClO2/c12-10-7-6-9(14-10)11(13)8-4-2-1-3-5-8/h1-7H. The van der Waals surface area contributed by atoms with Crippen LogP contribution in [0.2, 0.25) is 5.22 Å². The second kappa shape index (κ2) is 3.68. The van der Waals surface area contributed by atoms with Crippen LogP contribution in [0.1, 0.15) is 16.1 Å². The lowest BCUT2D eigenvalue weighted by Gasteiger charge is -1.95. The van der Waals surface area contributed by atoms with Crippen LogP contribution in [0.3, 0.4) is 0 Å². The Morgan fingerprint density at radius 1 is 1.07 bits per heavy atom. The molecule has 2 rings (SSSR count). The molecule has 0 fully saturated rings. The van der Waals surface area contributed by atoms with Crippen molar-refractivity contribution in [2.24, 2.45) is 0 Å². The molecule has 70 valence electrons. The van der Waals surface area contributed by atoms with E-state index in [1.807, 2.05) is 6.07 Å². The minimum Gasteiger partial charge on any atom is -0.441 e. The zero-order valence-corrected chi connectivity index (χ0v) is 7.99. The number of hydrogen-bond acceptors (Lipinski definition) is 2. The van der Waals surface area contributed by atoms with Gasteiger partial charge in [-0.3, -0.25) is 4.79 Å². The van der Waals surface area contributed by atoms with Gasteiger partial charge in [-0.15, -0.1) is 0 Å². The molecule has 0 aliphatic heterocycles. The van der Waals surface area contributed by atoms with E-state index in [0.717, 1.165) is 0 Å². The van der Waals surface area contributed by atoms with E-state index in [1.165, 1.54) is 0 Å². The Hall–Kier alpha value is -1.54. The molecule has 1 aromatic carbocycles. The summed E-state index contributed by atoms with van der Waals surface area (Å²) in [4.78, 5) is 11.7. The molecule has 0 aliphatic carbocycles. The molecular formula is C11H7ClO2. The third-order valence-electron chi connectivity index (χ3n) is 1.83. The summed E-state index contributed by atoms with van der Waals surface area (Å²) in [5.74, 6) is 0.110. The molecule has 1 heterocycles. The van der Waals surface area contributed by atoms with Gasteiger partial charge in [0, 0.05) is 5.56 Å². The number of hydrogen-bond donors (Lipinski definition) is 0. The van der Waals surface area contributed by atoms with E-state index in [9.17, 15) is 4.79 Å². The first-order valence-electron chi connectivity index (χ1n) is 4.12. The van der Waals surface area contributed by atoms with Crippen LogP contribution in [-0.4, -0.2) is 5.78 Å². The molecule has 14 heavy (non-hydrogen) atoms. The van der Waals surface area contributed by atoms with Gasteiger partial charge in [0.25, 0.3) is 0 Å². The number of rotatable bonds is 2. The third kappa shape index (κ3) is 1.70. The van der Waals surface area contributed by atoms with Gasteiger partial charge in [-0.2, -0.15) is 0 Å². The molecule has 0 aliphatic rings. The molecule has 0 spiro atoms. The molecule has 0 saturated heterocycles. The monoisotopic (exact) mass is 206 g/mol. The smallest absolute Gasteiger partial charge is 0.228 e. The van der Waals surface area contributed by atoms with E-state index in [4.69, 9.17) is 16.0 Å². The van der Waals surface area contributed by atoms with Crippen molar-refractivity contribution in [3.05, 3.63) is 59.0 Å². The molecule has 0 amide bonds. The Balaban J connectivity index is 2.34. The normalized spacial score (nSPS) is 10.1. The summed E-state index contributed by atoms with van der Waals surface area (Å²) in [5.41, 5.74) is 0.596. The topological polar surface area (TPSA) is 30.2 Å². The first kappa shape index (κ1) is 9.03. The van der Waals surface area contributed by atoms with E-state index in [-0.39, 0.29) is 16.8 Å². The molecule has 3 heteroatoms.